The maximum atomic E-state index is 9.16. The van der Waals surface area contributed by atoms with E-state index in [9.17, 15) is 0 Å². The Kier molecular flexibility index (Phi) is 15.9. The molecule has 0 aliphatic carbocycles. The Hall–Kier alpha value is 0.469. The lowest BCUT2D eigenvalue weighted by atomic mass is 10.9. The summed E-state index contributed by atoms with van der Waals surface area (Å²) in [5.74, 6) is -1.64. The van der Waals surface area contributed by atoms with Gasteiger partial charge in [0.1, 0.15) is 0 Å². The van der Waals surface area contributed by atoms with Gasteiger partial charge in [0.05, 0.1) is 0 Å². The van der Waals surface area contributed by atoms with Gasteiger partial charge in [-0.25, -0.2) is 0 Å². The number of hydrogen-bond donors (Lipinski definition) is 2. The number of hydrogen-bond acceptors (Lipinski definition) is 3. The zero-order chi connectivity index (χ0) is 8.41. The van der Waals surface area contributed by atoms with Gasteiger partial charge in [0, 0.05) is 0 Å². The average molecular weight is 176 g/mol. The molecule has 10 heavy (non-hydrogen) atoms. The van der Waals surface area contributed by atoms with Gasteiger partial charge in [-0.2, -0.15) is 0 Å². The van der Waals surface area contributed by atoms with Gasteiger partial charge in [-0.3, -0.25) is 0 Å². The maximum Gasteiger partial charge on any atom is 0.390 e. The monoisotopic (exact) mass is 176 g/mol. The minimum absolute atomic E-state index is 0.815. The average Bonchev–Trinajstić information content (AvgIpc) is 1.91. The van der Waals surface area contributed by atoms with Gasteiger partial charge >= 0.3 is 9.41 Å². The van der Waals surface area contributed by atoms with Crippen LogP contribution in [-0.2, 0) is 4.46 Å². The van der Waals surface area contributed by atoms with Crippen molar-refractivity contribution in [2.24, 2.45) is 0 Å². The van der Waals surface area contributed by atoms with Crippen LogP contribution in [0.25, 0.3) is 0 Å². The molecule has 0 fully saturated rings. The van der Waals surface area contributed by atoms with E-state index in [1.807, 2.05) is 0 Å². The highest BCUT2D eigenvalue weighted by molar-refractivity contribution is 6.34. The Balaban J connectivity index is 0. The van der Waals surface area contributed by atoms with Crippen molar-refractivity contribution in [3.63, 3.8) is 0 Å². The molecule has 0 bridgehead atoms. The number of aliphatic hydroxyl groups is 2. The highest BCUT2D eigenvalue weighted by Gasteiger charge is 1.88. The Morgan fingerprint density at radius 3 is 1.70 bits per heavy atom. The van der Waals surface area contributed by atoms with Crippen molar-refractivity contribution in [3.8, 4) is 0 Å². The molecule has 0 amide bonds. The SMILES string of the molecule is C[CH2][Al][CH2]C.O=[Si]C(O)O. The van der Waals surface area contributed by atoms with Crippen LogP contribution in [0.2, 0.25) is 10.6 Å². The van der Waals surface area contributed by atoms with Gasteiger partial charge in [-0.05, 0) is 0 Å². The van der Waals surface area contributed by atoms with Gasteiger partial charge < -0.3 is 14.7 Å². The molecule has 2 radical (unpaired) electrons. The van der Waals surface area contributed by atoms with Crippen molar-refractivity contribution in [2.45, 2.75) is 30.3 Å². The van der Waals surface area contributed by atoms with Crippen molar-refractivity contribution < 1.29 is 14.7 Å². The predicted octanol–water partition coefficient (Wildman–Crippen LogP) is -0.129. The minimum Gasteiger partial charge on any atom is -0.379 e. The molecule has 0 heterocycles. The standard InChI is InChI=1S/2C2H5.CH3O3Si.Al/c2*1-2;2-1(3)5-4;/h2*1H2,2H3;1-3H;. The fraction of sp³-hybridized carbons (Fsp3) is 1.00. The molecule has 0 spiro atoms. The molecule has 0 saturated heterocycles. The first-order chi connectivity index (χ1) is 4.68. The summed E-state index contributed by atoms with van der Waals surface area (Å²) >= 11 is 0.815. The van der Waals surface area contributed by atoms with E-state index in [4.69, 9.17) is 14.7 Å². The summed E-state index contributed by atoms with van der Waals surface area (Å²) < 4.78 is 9.16. The third kappa shape index (κ3) is 23.7. The number of rotatable bonds is 3. The molecule has 0 saturated carbocycles. The largest absolute Gasteiger partial charge is 0.390 e. The van der Waals surface area contributed by atoms with E-state index in [-0.39, 0.29) is 0 Å². The molecule has 58 valence electrons. The first-order valence-corrected chi connectivity index (χ1v) is 5.86. The summed E-state index contributed by atoms with van der Waals surface area (Å²) in [7, 11) is -1.02. The van der Waals surface area contributed by atoms with Gasteiger partial charge in [-0.1, -0.05) is 13.8 Å². The van der Waals surface area contributed by atoms with Crippen LogP contribution in [0.3, 0.4) is 0 Å². The molecule has 0 atom stereocenters. The van der Waals surface area contributed by atoms with Crippen LogP contribution in [-0.4, -0.2) is 40.8 Å². The third-order valence-corrected chi connectivity index (χ3v) is 2.05. The zero-order valence-electron chi connectivity index (χ0n) is 6.37. The van der Waals surface area contributed by atoms with Gasteiger partial charge in [0.25, 0.3) is 0 Å². The quantitative estimate of drug-likeness (QED) is 0.465. The smallest absolute Gasteiger partial charge is 0.379 e. The third-order valence-electron chi connectivity index (χ3n) is 0.683. The van der Waals surface area contributed by atoms with E-state index in [2.05, 4.69) is 13.8 Å². The summed E-state index contributed by atoms with van der Waals surface area (Å²) in [6, 6.07) is 0. The second-order valence-corrected chi connectivity index (χ2v) is 4.56. The lowest BCUT2D eigenvalue weighted by molar-refractivity contribution is 0.0261. The van der Waals surface area contributed by atoms with E-state index in [1.165, 1.54) is 10.6 Å². The fourth-order valence-electron chi connectivity index (χ4n) is 0.289. The summed E-state index contributed by atoms with van der Waals surface area (Å²) in [5.41, 5.74) is 0. The van der Waals surface area contributed by atoms with Crippen molar-refractivity contribution in [2.75, 3.05) is 0 Å². The minimum atomic E-state index is -1.64. The molecule has 3 nitrogen and oxygen atoms in total. The zero-order valence-corrected chi connectivity index (χ0v) is 8.53. The Labute approximate surface area is 70.1 Å². The molecule has 2 N–H and O–H groups in total. The first kappa shape index (κ1) is 13.1. The van der Waals surface area contributed by atoms with Crippen LogP contribution < -0.4 is 0 Å². The first-order valence-electron chi connectivity index (χ1n) is 3.24. The second kappa shape index (κ2) is 12.2. The van der Waals surface area contributed by atoms with Crippen molar-refractivity contribution >= 4 is 24.6 Å². The summed E-state index contributed by atoms with van der Waals surface area (Å²) in [6.07, 6.45) is 0. The molecular weight excluding hydrogens is 163 g/mol. The highest BCUT2D eigenvalue weighted by atomic mass is 28.2. The van der Waals surface area contributed by atoms with Crippen LogP contribution in [0.5, 0.6) is 0 Å². The summed E-state index contributed by atoms with van der Waals surface area (Å²) in [6.45, 7) is 4.50. The molecule has 0 aromatic heterocycles. The van der Waals surface area contributed by atoms with E-state index in [0.29, 0.717) is 0 Å². The van der Waals surface area contributed by atoms with E-state index >= 15 is 0 Å². The molecule has 0 unspecified atom stereocenters. The van der Waals surface area contributed by atoms with E-state index in [1.54, 1.807) is 0 Å². The van der Waals surface area contributed by atoms with Crippen molar-refractivity contribution in [1.82, 2.24) is 0 Å². The lowest BCUT2D eigenvalue weighted by Gasteiger charge is -1.77. The molecular formula is C5H13AlO3Si. The summed E-state index contributed by atoms with van der Waals surface area (Å²) in [4.78, 5) is 0. The topological polar surface area (TPSA) is 57.5 Å². The normalized spacial score (nSPS) is 8.10. The van der Waals surface area contributed by atoms with Crippen molar-refractivity contribution in [1.29, 1.82) is 0 Å². The molecule has 0 rings (SSSR count). The number of aliphatic hydroxyl groups excluding tert-OH is 1. The Morgan fingerprint density at radius 1 is 1.40 bits per heavy atom. The summed E-state index contributed by atoms with van der Waals surface area (Å²) in [5, 5.41) is 18.1. The highest BCUT2D eigenvalue weighted by Crippen LogP contribution is 1.77. The van der Waals surface area contributed by atoms with Crippen LogP contribution in [0.4, 0.5) is 0 Å². The van der Waals surface area contributed by atoms with Gasteiger partial charge in [0.15, 0.2) is 21.1 Å². The Bertz CT molecular complexity index is 67.9. The van der Waals surface area contributed by atoms with Crippen LogP contribution in [0.15, 0.2) is 0 Å². The lowest BCUT2D eigenvalue weighted by Crippen LogP contribution is -2.05. The van der Waals surface area contributed by atoms with Crippen molar-refractivity contribution in [3.05, 3.63) is 0 Å². The predicted molar refractivity (Wildman–Crippen MR) is 41.4 cm³/mol. The van der Waals surface area contributed by atoms with Crippen LogP contribution in [0, 0.1) is 0 Å². The Morgan fingerprint density at radius 2 is 1.70 bits per heavy atom. The molecule has 0 aliphatic heterocycles. The molecule has 0 aromatic carbocycles. The van der Waals surface area contributed by atoms with Crippen LogP contribution >= 0.6 is 0 Å². The van der Waals surface area contributed by atoms with E-state index < -0.39 is 15.3 Å². The molecule has 0 aliphatic rings. The maximum absolute atomic E-state index is 9.16. The molecule has 5 heteroatoms. The van der Waals surface area contributed by atoms with Gasteiger partial charge in [-0.15, -0.1) is 10.6 Å². The van der Waals surface area contributed by atoms with Crippen LogP contribution in [0.1, 0.15) is 13.8 Å². The fourth-order valence-corrected chi connectivity index (χ4v) is 0.866. The van der Waals surface area contributed by atoms with E-state index in [0.717, 1.165) is 15.2 Å². The second-order valence-electron chi connectivity index (χ2n) is 1.60. The van der Waals surface area contributed by atoms with Gasteiger partial charge in [0.2, 0.25) is 0 Å². The molecule has 0 aromatic rings.